The summed E-state index contributed by atoms with van der Waals surface area (Å²) in [6, 6.07) is 6.32. The number of nitrogens with one attached hydrogen (secondary N) is 1. The van der Waals surface area contributed by atoms with Crippen LogP contribution in [-0.2, 0) is 0 Å². The average molecular weight is 379 g/mol. The number of ether oxygens (including phenoxy) is 2. The number of methoxy groups -OCH3 is 1. The highest BCUT2D eigenvalue weighted by Gasteiger charge is 2.24. The number of rotatable bonds is 6. The van der Waals surface area contributed by atoms with E-state index in [-0.39, 0.29) is 18.1 Å². The molecule has 1 aromatic carbocycles. The lowest BCUT2D eigenvalue weighted by Gasteiger charge is -2.34. The average Bonchev–Trinajstić information content (AvgIpc) is 3.15. The molecule has 2 heterocycles. The molecule has 0 aromatic heterocycles. The van der Waals surface area contributed by atoms with Crippen LogP contribution in [0.15, 0.2) is 18.2 Å². The normalized spacial score (nSPS) is 21.8. The Hall–Kier alpha value is -1.40. The predicted molar refractivity (Wildman–Crippen MR) is 107 cm³/mol. The smallest absolute Gasteiger partial charge is 0.251 e. The van der Waals surface area contributed by atoms with Gasteiger partial charge >= 0.3 is 0 Å². The molecule has 26 heavy (non-hydrogen) atoms. The molecule has 2 aliphatic heterocycles. The van der Waals surface area contributed by atoms with Gasteiger partial charge in [0.15, 0.2) is 11.5 Å². The molecule has 2 fully saturated rings. The highest BCUT2D eigenvalue weighted by Crippen LogP contribution is 2.31. The van der Waals surface area contributed by atoms with E-state index in [1.54, 1.807) is 7.11 Å². The van der Waals surface area contributed by atoms with Crippen molar-refractivity contribution in [2.75, 3.05) is 31.7 Å². The van der Waals surface area contributed by atoms with Crippen LogP contribution < -0.4 is 14.8 Å². The first kappa shape index (κ1) is 19.4. The van der Waals surface area contributed by atoms with E-state index >= 15 is 0 Å². The van der Waals surface area contributed by atoms with Gasteiger partial charge in [-0.15, -0.1) is 0 Å². The summed E-state index contributed by atoms with van der Waals surface area (Å²) >= 11 is 1.89. The van der Waals surface area contributed by atoms with Gasteiger partial charge in [-0.3, -0.25) is 4.79 Å². The summed E-state index contributed by atoms with van der Waals surface area (Å²) in [5.41, 5.74) is 0.636. The van der Waals surface area contributed by atoms with Crippen LogP contribution in [0.4, 0.5) is 0 Å². The van der Waals surface area contributed by atoms with Crippen molar-refractivity contribution in [2.45, 2.75) is 51.3 Å². The van der Waals surface area contributed by atoms with Crippen LogP contribution in [0, 0.1) is 0 Å². The Kier molecular flexibility index (Phi) is 6.70. The molecule has 0 spiro atoms. The minimum Gasteiger partial charge on any atom is -0.493 e. The first-order chi connectivity index (χ1) is 12.6. The van der Waals surface area contributed by atoms with Crippen molar-refractivity contribution >= 4 is 17.7 Å². The number of hydrogen-bond donors (Lipinski definition) is 1. The molecule has 0 bridgehead atoms. The molecule has 5 nitrogen and oxygen atoms in total. The summed E-state index contributed by atoms with van der Waals surface area (Å²) in [6.07, 6.45) is 3.21. The predicted octanol–water partition coefficient (Wildman–Crippen LogP) is 3.18. The molecule has 0 unspecified atom stereocenters. The molecule has 0 radical (unpaired) electrons. The van der Waals surface area contributed by atoms with Gasteiger partial charge in [-0.1, -0.05) is 0 Å². The Morgan fingerprint density at radius 2 is 2.00 bits per heavy atom. The van der Waals surface area contributed by atoms with Gasteiger partial charge in [-0.25, -0.2) is 0 Å². The quantitative estimate of drug-likeness (QED) is 0.824. The van der Waals surface area contributed by atoms with Crippen LogP contribution in [0.3, 0.4) is 0 Å². The molecule has 1 aromatic rings. The number of hydrogen-bond acceptors (Lipinski definition) is 5. The number of carbonyl (C=O) groups is 1. The number of carbonyl (C=O) groups excluding carboxylic acids is 1. The van der Waals surface area contributed by atoms with Gasteiger partial charge in [0, 0.05) is 36.5 Å². The highest BCUT2D eigenvalue weighted by atomic mass is 32.2. The molecule has 0 saturated carbocycles. The molecule has 2 saturated heterocycles. The second kappa shape index (κ2) is 9.00. The van der Waals surface area contributed by atoms with E-state index in [1.165, 1.54) is 0 Å². The Bertz CT molecular complexity index is 609. The van der Waals surface area contributed by atoms with Gasteiger partial charge in [0.2, 0.25) is 0 Å². The number of nitrogens with zero attached hydrogens (tertiary/aromatic N) is 1. The number of thioether (sulfide) groups is 1. The van der Waals surface area contributed by atoms with Crippen LogP contribution in [0.2, 0.25) is 0 Å². The second-order valence-corrected chi connectivity index (χ2v) is 8.50. The zero-order valence-electron chi connectivity index (χ0n) is 16.0. The Balaban J connectivity index is 1.65. The fourth-order valence-electron chi connectivity index (χ4n) is 3.52. The summed E-state index contributed by atoms with van der Waals surface area (Å²) < 4.78 is 11.7. The summed E-state index contributed by atoms with van der Waals surface area (Å²) in [4.78, 5) is 15.0. The molecule has 1 N–H and O–H groups in total. The van der Waals surface area contributed by atoms with Gasteiger partial charge in [-0.05, 0) is 57.1 Å². The zero-order valence-corrected chi connectivity index (χ0v) is 16.8. The van der Waals surface area contributed by atoms with Gasteiger partial charge < -0.3 is 19.7 Å². The van der Waals surface area contributed by atoms with Crippen molar-refractivity contribution in [1.29, 1.82) is 0 Å². The topological polar surface area (TPSA) is 50.8 Å². The lowest BCUT2D eigenvalue weighted by Crippen LogP contribution is -2.41. The third-order valence-electron chi connectivity index (χ3n) is 5.19. The van der Waals surface area contributed by atoms with Crippen molar-refractivity contribution < 1.29 is 14.3 Å². The lowest BCUT2D eigenvalue weighted by molar-refractivity contribution is 0.0818. The molecule has 1 atom stereocenters. The summed E-state index contributed by atoms with van der Waals surface area (Å²) in [5.74, 6) is 3.45. The molecular weight excluding hydrogens is 348 g/mol. The largest absolute Gasteiger partial charge is 0.493 e. The molecule has 2 aliphatic rings. The van der Waals surface area contributed by atoms with Crippen LogP contribution in [0.5, 0.6) is 11.5 Å². The van der Waals surface area contributed by atoms with E-state index in [0.29, 0.717) is 23.1 Å². The maximum atomic E-state index is 12.5. The van der Waals surface area contributed by atoms with Gasteiger partial charge in [0.1, 0.15) is 6.10 Å². The maximum Gasteiger partial charge on any atom is 0.251 e. The Morgan fingerprint density at radius 3 is 2.62 bits per heavy atom. The van der Waals surface area contributed by atoms with Crippen LogP contribution in [-0.4, -0.2) is 60.7 Å². The summed E-state index contributed by atoms with van der Waals surface area (Å²) in [7, 11) is 1.64. The monoisotopic (exact) mass is 378 g/mol. The van der Waals surface area contributed by atoms with Crippen molar-refractivity contribution in [3.8, 4) is 11.5 Å². The first-order valence-corrected chi connectivity index (χ1v) is 10.7. The third-order valence-corrected chi connectivity index (χ3v) is 6.35. The van der Waals surface area contributed by atoms with Crippen LogP contribution in [0.25, 0.3) is 0 Å². The van der Waals surface area contributed by atoms with E-state index in [1.807, 2.05) is 30.0 Å². The fraction of sp³-hybridized carbons (Fsp3) is 0.650. The van der Waals surface area contributed by atoms with E-state index in [4.69, 9.17) is 9.47 Å². The number of likely N-dealkylation sites (tertiary alicyclic amines) is 1. The van der Waals surface area contributed by atoms with Crippen molar-refractivity contribution in [1.82, 2.24) is 10.2 Å². The fourth-order valence-corrected chi connectivity index (χ4v) is 4.67. The Labute approximate surface area is 160 Å². The Morgan fingerprint density at radius 1 is 1.23 bits per heavy atom. The minimum absolute atomic E-state index is 0.0281. The summed E-state index contributed by atoms with van der Waals surface area (Å²) in [5, 5.41) is 3.12. The van der Waals surface area contributed by atoms with Crippen molar-refractivity contribution in [3.05, 3.63) is 23.8 Å². The second-order valence-electron chi connectivity index (χ2n) is 7.35. The molecular formula is C20H30N2O3S. The molecule has 1 amide bonds. The van der Waals surface area contributed by atoms with E-state index in [9.17, 15) is 4.79 Å². The van der Waals surface area contributed by atoms with Gasteiger partial charge in [-0.2, -0.15) is 11.8 Å². The molecule has 6 heteroatoms. The molecule has 144 valence electrons. The van der Waals surface area contributed by atoms with Crippen molar-refractivity contribution in [2.24, 2.45) is 0 Å². The first-order valence-electron chi connectivity index (χ1n) is 9.54. The van der Waals surface area contributed by atoms with Crippen LogP contribution >= 0.6 is 11.8 Å². The molecule has 0 aliphatic carbocycles. The highest BCUT2D eigenvalue weighted by molar-refractivity contribution is 7.99. The number of amides is 1. The minimum atomic E-state index is -0.0281. The van der Waals surface area contributed by atoms with Gasteiger partial charge in [0.05, 0.1) is 7.11 Å². The summed E-state index contributed by atoms with van der Waals surface area (Å²) in [6.45, 7) is 6.55. The van der Waals surface area contributed by atoms with Crippen LogP contribution in [0.1, 0.15) is 43.5 Å². The number of piperidine rings is 1. The number of benzene rings is 1. The van der Waals surface area contributed by atoms with E-state index in [2.05, 4.69) is 24.1 Å². The van der Waals surface area contributed by atoms with E-state index < -0.39 is 0 Å². The molecule has 3 rings (SSSR count). The van der Waals surface area contributed by atoms with Gasteiger partial charge in [0.25, 0.3) is 5.91 Å². The standard InChI is InChI=1S/C20H30N2O3S/c1-14(2)22-9-6-17(7-10-22)25-19-12-15(4-5-18(19)24-3)20(23)21-16-8-11-26-13-16/h4-5,12,14,16-17H,6-11,13H2,1-3H3,(H,21,23)/t16-/m1/s1. The zero-order chi connectivity index (χ0) is 18.5. The van der Waals surface area contributed by atoms with E-state index in [0.717, 1.165) is 43.9 Å². The lowest BCUT2D eigenvalue weighted by atomic mass is 10.1. The third kappa shape index (κ3) is 4.86. The SMILES string of the molecule is COc1ccc(C(=O)N[C@@H]2CCSC2)cc1OC1CCN(C(C)C)CC1. The van der Waals surface area contributed by atoms with Crippen molar-refractivity contribution in [3.63, 3.8) is 0 Å². The maximum absolute atomic E-state index is 12.5.